The van der Waals surface area contributed by atoms with Crippen molar-refractivity contribution in [1.82, 2.24) is 30.0 Å². The molecule has 6 heterocycles. The van der Waals surface area contributed by atoms with Gasteiger partial charge in [0.1, 0.15) is 11.4 Å². The first kappa shape index (κ1) is 27.2. The molecule has 1 atom stereocenters. The van der Waals surface area contributed by atoms with Crippen molar-refractivity contribution >= 4 is 28.2 Å². The van der Waals surface area contributed by atoms with Crippen LogP contribution in [0.2, 0.25) is 0 Å². The highest BCUT2D eigenvalue weighted by molar-refractivity contribution is 5.88. The van der Waals surface area contributed by atoms with Gasteiger partial charge >= 0.3 is 0 Å². The molecular weight excluding hydrogens is 544 g/mol. The predicted octanol–water partition coefficient (Wildman–Crippen LogP) is 4.61. The summed E-state index contributed by atoms with van der Waals surface area (Å²) in [5, 5.41) is 22.9. The molecule has 11 heteroatoms. The largest absolute Gasteiger partial charge is 0.394 e. The van der Waals surface area contributed by atoms with E-state index in [2.05, 4.69) is 30.7 Å². The molecule has 0 spiro atoms. The zero-order valence-corrected chi connectivity index (χ0v) is 24.2. The fraction of sp³-hybridized carbons (Fsp3) is 0.344. The van der Waals surface area contributed by atoms with E-state index in [9.17, 15) is 9.90 Å². The van der Waals surface area contributed by atoms with Crippen LogP contribution in [0.15, 0.2) is 64.0 Å². The van der Waals surface area contributed by atoms with Gasteiger partial charge in [-0.3, -0.25) is 4.79 Å². The number of fused-ring (bicyclic) bond motifs is 4. The van der Waals surface area contributed by atoms with Crippen molar-refractivity contribution in [2.75, 3.05) is 36.9 Å². The number of aliphatic hydroxyl groups excluding tert-OH is 1. The summed E-state index contributed by atoms with van der Waals surface area (Å²) < 4.78 is 5.84. The molecule has 0 saturated carbocycles. The van der Waals surface area contributed by atoms with Crippen LogP contribution in [0.5, 0.6) is 0 Å². The van der Waals surface area contributed by atoms with E-state index in [0.717, 1.165) is 72.6 Å². The van der Waals surface area contributed by atoms with Crippen LogP contribution in [0.4, 0.5) is 17.5 Å². The standard InChI is InChI=1S/C32H34N8O3/c1-19-20(2)34-28(42)23-9-8-22(16-24(19)23)35-31-33-17-25(27(37-31)36-26(18-41)21-6-4-3-5-7-21)29-38-30(39-43-29)32-10-13-40(14-11-32)15-12-32/h3-9,16-17,26,41H,10-15,18H2,1-2H3,(H,34,42)(H2,33,35,36,37)/t26-/m1/s1. The Morgan fingerprint density at radius 1 is 1.05 bits per heavy atom. The number of aromatic nitrogens is 5. The fourth-order valence-corrected chi connectivity index (χ4v) is 6.30. The minimum absolute atomic E-state index is 0.0571. The van der Waals surface area contributed by atoms with Gasteiger partial charge in [0.25, 0.3) is 11.4 Å². The van der Waals surface area contributed by atoms with Gasteiger partial charge < -0.3 is 30.1 Å². The second-order valence-electron chi connectivity index (χ2n) is 11.6. The van der Waals surface area contributed by atoms with E-state index >= 15 is 0 Å². The number of nitrogens with one attached hydrogen (secondary N) is 3. The van der Waals surface area contributed by atoms with Gasteiger partial charge in [-0.05, 0) is 87.5 Å². The second kappa shape index (κ2) is 10.9. The van der Waals surface area contributed by atoms with Crippen molar-refractivity contribution in [2.24, 2.45) is 0 Å². The molecule has 3 fully saturated rings. The van der Waals surface area contributed by atoms with Gasteiger partial charge in [0.2, 0.25) is 5.95 Å². The van der Waals surface area contributed by atoms with E-state index in [1.54, 1.807) is 12.3 Å². The average Bonchev–Trinajstić information content (AvgIpc) is 3.55. The number of aryl methyl sites for hydroxylation is 2. The number of aliphatic hydroxyl groups is 1. The molecule has 2 bridgehead atoms. The summed E-state index contributed by atoms with van der Waals surface area (Å²) in [6, 6.07) is 14.8. The Labute approximate surface area is 248 Å². The third kappa shape index (κ3) is 5.04. The molecule has 11 nitrogen and oxygen atoms in total. The maximum Gasteiger partial charge on any atom is 0.263 e. The molecule has 4 N–H and O–H groups in total. The van der Waals surface area contributed by atoms with Gasteiger partial charge in [-0.25, -0.2) is 4.98 Å². The van der Waals surface area contributed by atoms with E-state index in [4.69, 9.17) is 14.5 Å². The number of aromatic amines is 1. The predicted molar refractivity (Wildman–Crippen MR) is 165 cm³/mol. The summed E-state index contributed by atoms with van der Waals surface area (Å²) in [7, 11) is 0. The van der Waals surface area contributed by atoms with Gasteiger partial charge in [-0.15, -0.1) is 0 Å². The molecule has 3 aromatic heterocycles. The number of hydrogen-bond acceptors (Lipinski definition) is 10. The van der Waals surface area contributed by atoms with Crippen LogP contribution in [0.1, 0.15) is 47.9 Å². The maximum atomic E-state index is 12.5. The van der Waals surface area contributed by atoms with Crippen LogP contribution < -0.4 is 16.2 Å². The van der Waals surface area contributed by atoms with Crippen LogP contribution in [-0.2, 0) is 5.41 Å². The maximum absolute atomic E-state index is 12.5. The SMILES string of the molecule is Cc1[nH]c(=O)c2ccc(Nc3ncc(-c4nc(C56CCN(CC5)CC6)no4)c(N[C@H](CO)c4ccccc4)n3)cc2c1C. The van der Waals surface area contributed by atoms with Crippen molar-refractivity contribution < 1.29 is 9.63 Å². The Kier molecular flexibility index (Phi) is 6.91. The minimum Gasteiger partial charge on any atom is -0.394 e. The molecule has 3 aliphatic heterocycles. The average molecular weight is 579 g/mol. The lowest BCUT2D eigenvalue weighted by Crippen LogP contribution is -2.51. The smallest absolute Gasteiger partial charge is 0.263 e. The number of hydrogen-bond donors (Lipinski definition) is 4. The molecule has 2 aromatic carbocycles. The number of nitrogens with zero attached hydrogens (tertiary/aromatic N) is 5. The number of anilines is 3. The minimum atomic E-state index is -0.427. The highest BCUT2D eigenvalue weighted by atomic mass is 16.5. The van der Waals surface area contributed by atoms with E-state index in [-0.39, 0.29) is 17.6 Å². The Morgan fingerprint density at radius 3 is 2.56 bits per heavy atom. The number of benzene rings is 2. The lowest BCUT2D eigenvalue weighted by Gasteiger charge is -2.46. The van der Waals surface area contributed by atoms with Gasteiger partial charge in [-0.1, -0.05) is 35.5 Å². The topological polar surface area (TPSA) is 145 Å². The first-order chi connectivity index (χ1) is 20.9. The molecule has 8 rings (SSSR count). The van der Waals surface area contributed by atoms with Crippen molar-refractivity contribution in [3.05, 3.63) is 87.7 Å². The molecule has 0 unspecified atom stereocenters. The van der Waals surface area contributed by atoms with Crippen LogP contribution in [0.3, 0.4) is 0 Å². The molecule has 5 aromatic rings. The van der Waals surface area contributed by atoms with Crippen molar-refractivity contribution in [1.29, 1.82) is 0 Å². The fourth-order valence-electron chi connectivity index (χ4n) is 6.30. The molecule has 3 aliphatic rings. The van der Waals surface area contributed by atoms with Gasteiger partial charge in [0.05, 0.1) is 12.6 Å². The van der Waals surface area contributed by atoms with Crippen molar-refractivity contribution in [3.8, 4) is 11.5 Å². The lowest BCUT2D eigenvalue weighted by molar-refractivity contribution is 0.0747. The summed E-state index contributed by atoms with van der Waals surface area (Å²) in [5.41, 5.74) is 3.86. The van der Waals surface area contributed by atoms with Crippen LogP contribution in [0, 0.1) is 13.8 Å². The van der Waals surface area contributed by atoms with Gasteiger partial charge in [0, 0.05) is 28.4 Å². The highest BCUT2D eigenvalue weighted by Crippen LogP contribution is 2.42. The molecule has 0 radical (unpaired) electrons. The Balaban J connectivity index is 1.25. The monoisotopic (exact) mass is 578 g/mol. The Morgan fingerprint density at radius 2 is 1.81 bits per heavy atom. The Hall–Kier alpha value is -4.61. The van der Waals surface area contributed by atoms with E-state index in [1.165, 1.54) is 0 Å². The highest BCUT2D eigenvalue weighted by Gasteiger charge is 2.44. The van der Waals surface area contributed by atoms with E-state index in [0.29, 0.717) is 28.6 Å². The van der Waals surface area contributed by atoms with E-state index < -0.39 is 6.04 Å². The summed E-state index contributed by atoms with van der Waals surface area (Å²) in [6.45, 7) is 6.88. The molecule has 0 aliphatic carbocycles. The first-order valence-corrected chi connectivity index (χ1v) is 14.7. The first-order valence-electron chi connectivity index (χ1n) is 14.7. The molecule has 0 amide bonds. The number of rotatable bonds is 8. The zero-order chi connectivity index (χ0) is 29.6. The van der Waals surface area contributed by atoms with Crippen LogP contribution >= 0.6 is 0 Å². The normalized spacial score (nSPS) is 20.3. The number of piperidine rings is 3. The number of H-pyrrole nitrogens is 1. The molecule has 3 saturated heterocycles. The van der Waals surface area contributed by atoms with Gasteiger partial charge in [0.15, 0.2) is 5.82 Å². The zero-order valence-electron chi connectivity index (χ0n) is 24.2. The summed E-state index contributed by atoms with van der Waals surface area (Å²) in [6.07, 6.45) is 4.73. The van der Waals surface area contributed by atoms with Crippen molar-refractivity contribution in [2.45, 2.75) is 44.6 Å². The van der Waals surface area contributed by atoms with Crippen molar-refractivity contribution in [3.63, 3.8) is 0 Å². The summed E-state index contributed by atoms with van der Waals surface area (Å²) in [4.78, 5) is 32.2. The quantitative estimate of drug-likeness (QED) is 0.206. The lowest BCUT2D eigenvalue weighted by atomic mass is 9.71. The molecule has 43 heavy (non-hydrogen) atoms. The second-order valence-corrected chi connectivity index (χ2v) is 11.6. The third-order valence-electron chi connectivity index (χ3n) is 9.12. The van der Waals surface area contributed by atoms with Crippen LogP contribution in [-0.4, -0.2) is 61.3 Å². The van der Waals surface area contributed by atoms with E-state index in [1.807, 2.05) is 56.3 Å². The number of pyridine rings is 1. The molecular formula is C32H34N8O3. The molecule has 220 valence electrons. The Bertz CT molecular complexity index is 1830. The summed E-state index contributed by atoms with van der Waals surface area (Å²) >= 11 is 0. The van der Waals surface area contributed by atoms with Crippen LogP contribution in [0.25, 0.3) is 22.2 Å². The van der Waals surface area contributed by atoms with Gasteiger partial charge in [-0.2, -0.15) is 9.97 Å². The third-order valence-corrected chi connectivity index (χ3v) is 9.12. The summed E-state index contributed by atoms with van der Waals surface area (Å²) in [5.74, 6) is 1.88.